The monoisotopic (exact) mass is 381 g/mol. The van der Waals surface area contributed by atoms with E-state index >= 15 is 0 Å². The largest absolute Gasteiger partial charge is 0.508 e. The molecule has 3 N–H and O–H groups in total. The Morgan fingerprint density at radius 1 is 1.18 bits per heavy atom. The van der Waals surface area contributed by atoms with Gasteiger partial charge in [0, 0.05) is 6.54 Å². The first-order chi connectivity index (χ1) is 13.6. The number of phenolic OH excluding ortho intramolecular Hbond substituents is 1. The molecule has 1 aromatic carbocycles. The van der Waals surface area contributed by atoms with Gasteiger partial charge in [0.1, 0.15) is 17.7 Å². The van der Waals surface area contributed by atoms with Crippen LogP contribution in [-0.2, 0) is 11.3 Å². The average molecular weight is 382 g/mol. The lowest BCUT2D eigenvalue weighted by Gasteiger charge is -2.34. The van der Waals surface area contributed by atoms with Gasteiger partial charge in [0.25, 0.3) is 0 Å². The van der Waals surface area contributed by atoms with Crippen molar-refractivity contribution in [2.45, 2.75) is 64.6 Å². The zero-order valence-corrected chi connectivity index (χ0v) is 16.7. The van der Waals surface area contributed by atoms with Crippen LogP contribution in [0.4, 0.5) is 0 Å². The van der Waals surface area contributed by atoms with E-state index in [1.807, 2.05) is 19.1 Å². The number of benzene rings is 1. The molecular weight excluding hydrogens is 350 g/mol. The van der Waals surface area contributed by atoms with E-state index in [0.29, 0.717) is 0 Å². The highest BCUT2D eigenvalue weighted by Gasteiger charge is 2.41. The molecule has 5 heteroatoms. The van der Waals surface area contributed by atoms with Gasteiger partial charge >= 0.3 is 0 Å². The molecule has 0 saturated heterocycles. The number of carbonyl (C=O) groups excluding carboxylic acids is 1. The fourth-order valence-electron chi connectivity index (χ4n) is 4.93. The second kappa shape index (κ2) is 7.90. The van der Waals surface area contributed by atoms with Gasteiger partial charge in [-0.15, -0.1) is 0 Å². The van der Waals surface area contributed by atoms with Crippen molar-refractivity contribution in [1.29, 1.82) is 0 Å². The summed E-state index contributed by atoms with van der Waals surface area (Å²) in [6.07, 6.45) is 8.57. The van der Waals surface area contributed by atoms with Crippen molar-refractivity contribution in [3.8, 4) is 5.75 Å². The van der Waals surface area contributed by atoms with Gasteiger partial charge in [-0.05, 0) is 42.0 Å². The Balaban J connectivity index is 1.61. The van der Waals surface area contributed by atoms with Crippen LogP contribution >= 0.6 is 0 Å². The first-order valence-electron chi connectivity index (χ1n) is 10.6. The van der Waals surface area contributed by atoms with Crippen molar-refractivity contribution in [3.05, 3.63) is 53.5 Å². The number of amides is 1. The number of hydrogen-bond donors (Lipinski definition) is 3. The second-order valence-corrected chi connectivity index (χ2v) is 8.39. The zero-order valence-electron chi connectivity index (χ0n) is 16.7. The molecule has 1 fully saturated rings. The van der Waals surface area contributed by atoms with Crippen molar-refractivity contribution >= 4 is 5.91 Å². The standard InChI is InChI=1S/C23H31N3O2/c1-3-19-15(2)21-22(25-23(19)28)24-20(13-16-7-5-4-6-8-16)26(21)14-17-9-11-18(27)12-10-17/h9-12,16,19-20,24,27H,2-8,13-14H2,1H3,(H,25,28). The molecule has 1 amide bonds. The van der Waals surface area contributed by atoms with Gasteiger partial charge in [0.05, 0.1) is 11.6 Å². The minimum Gasteiger partial charge on any atom is -0.508 e. The molecule has 2 atom stereocenters. The van der Waals surface area contributed by atoms with Gasteiger partial charge < -0.3 is 20.6 Å². The summed E-state index contributed by atoms with van der Waals surface area (Å²) in [4.78, 5) is 14.9. The van der Waals surface area contributed by atoms with Crippen molar-refractivity contribution in [2.24, 2.45) is 11.8 Å². The summed E-state index contributed by atoms with van der Waals surface area (Å²) < 4.78 is 0. The summed E-state index contributed by atoms with van der Waals surface area (Å²) in [6.45, 7) is 7.07. The lowest BCUT2D eigenvalue weighted by molar-refractivity contribution is -0.123. The topological polar surface area (TPSA) is 64.6 Å². The minimum absolute atomic E-state index is 0.0432. The number of rotatable bonds is 5. The predicted molar refractivity (Wildman–Crippen MR) is 110 cm³/mol. The summed E-state index contributed by atoms with van der Waals surface area (Å²) in [5.41, 5.74) is 3.11. The van der Waals surface area contributed by atoms with Crippen LogP contribution in [0.15, 0.2) is 47.9 Å². The fraction of sp³-hybridized carbons (Fsp3) is 0.522. The zero-order chi connectivity index (χ0) is 19.7. The number of nitrogens with one attached hydrogen (secondary N) is 2. The van der Waals surface area contributed by atoms with Crippen LogP contribution in [0.5, 0.6) is 5.75 Å². The lowest BCUT2D eigenvalue weighted by Crippen LogP contribution is -2.40. The third kappa shape index (κ3) is 3.62. The van der Waals surface area contributed by atoms with Crippen molar-refractivity contribution in [1.82, 2.24) is 15.5 Å². The highest BCUT2D eigenvalue weighted by atomic mass is 16.3. The molecule has 0 radical (unpaired) electrons. The van der Waals surface area contributed by atoms with Crippen LogP contribution in [-0.4, -0.2) is 22.1 Å². The fourth-order valence-corrected chi connectivity index (χ4v) is 4.93. The highest BCUT2D eigenvalue weighted by Crippen LogP contribution is 2.38. The number of hydrogen-bond acceptors (Lipinski definition) is 4. The Labute approximate surface area is 167 Å². The Morgan fingerprint density at radius 3 is 2.57 bits per heavy atom. The third-order valence-electron chi connectivity index (χ3n) is 6.48. The van der Waals surface area contributed by atoms with E-state index in [9.17, 15) is 9.90 Å². The summed E-state index contributed by atoms with van der Waals surface area (Å²) in [5.74, 6) is 1.69. The number of nitrogens with zero attached hydrogens (tertiary/aromatic N) is 1. The van der Waals surface area contributed by atoms with Gasteiger partial charge in [-0.2, -0.15) is 0 Å². The Kier molecular flexibility index (Phi) is 5.33. The molecule has 0 bridgehead atoms. The Hall–Kier alpha value is -2.43. The summed E-state index contributed by atoms with van der Waals surface area (Å²) >= 11 is 0. The van der Waals surface area contributed by atoms with Crippen LogP contribution in [0.1, 0.15) is 57.4 Å². The molecule has 5 nitrogen and oxygen atoms in total. The molecule has 150 valence electrons. The number of aromatic hydroxyl groups is 1. The first-order valence-corrected chi connectivity index (χ1v) is 10.6. The predicted octanol–water partition coefficient (Wildman–Crippen LogP) is 3.98. The van der Waals surface area contributed by atoms with E-state index in [2.05, 4.69) is 22.1 Å². The van der Waals surface area contributed by atoms with Gasteiger partial charge in [-0.25, -0.2) is 0 Å². The summed E-state index contributed by atoms with van der Waals surface area (Å²) in [5, 5.41) is 16.3. The smallest absolute Gasteiger partial charge is 0.233 e. The third-order valence-corrected chi connectivity index (χ3v) is 6.48. The molecule has 2 aliphatic heterocycles. The van der Waals surface area contributed by atoms with Crippen LogP contribution in [0.2, 0.25) is 0 Å². The molecular formula is C23H31N3O2. The molecule has 4 rings (SSSR count). The lowest BCUT2D eigenvalue weighted by atomic mass is 9.86. The molecule has 1 saturated carbocycles. The van der Waals surface area contributed by atoms with Crippen LogP contribution in [0, 0.1) is 11.8 Å². The molecule has 3 aliphatic rings. The Bertz CT molecular complexity index is 778. The molecule has 2 unspecified atom stereocenters. The van der Waals surface area contributed by atoms with Crippen LogP contribution in [0.25, 0.3) is 0 Å². The highest BCUT2D eigenvalue weighted by molar-refractivity contribution is 5.86. The number of phenols is 1. The molecule has 1 aromatic rings. The van der Waals surface area contributed by atoms with Crippen molar-refractivity contribution in [2.75, 3.05) is 0 Å². The van der Waals surface area contributed by atoms with E-state index in [1.165, 1.54) is 32.1 Å². The van der Waals surface area contributed by atoms with Crippen LogP contribution in [0.3, 0.4) is 0 Å². The van der Waals surface area contributed by atoms with E-state index < -0.39 is 0 Å². The molecule has 28 heavy (non-hydrogen) atoms. The van der Waals surface area contributed by atoms with E-state index in [4.69, 9.17) is 0 Å². The van der Waals surface area contributed by atoms with Gasteiger partial charge in [-0.3, -0.25) is 4.79 Å². The maximum absolute atomic E-state index is 12.5. The van der Waals surface area contributed by atoms with Gasteiger partial charge in [0.15, 0.2) is 0 Å². The summed E-state index contributed by atoms with van der Waals surface area (Å²) in [7, 11) is 0. The summed E-state index contributed by atoms with van der Waals surface area (Å²) in [6, 6.07) is 7.40. The van der Waals surface area contributed by atoms with E-state index in [1.54, 1.807) is 12.1 Å². The quantitative estimate of drug-likeness (QED) is 0.722. The molecule has 0 spiro atoms. The first kappa shape index (κ1) is 18.9. The average Bonchev–Trinajstić information content (AvgIpc) is 3.01. The van der Waals surface area contributed by atoms with Crippen molar-refractivity contribution < 1.29 is 9.90 Å². The molecule has 1 aliphatic carbocycles. The SMILES string of the molecule is C=C1C2=C(NC(=O)C1CC)NC(CC1CCCCC1)N2Cc1ccc(O)cc1. The van der Waals surface area contributed by atoms with E-state index in [-0.39, 0.29) is 23.7 Å². The van der Waals surface area contributed by atoms with Gasteiger partial charge in [0.2, 0.25) is 5.91 Å². The Morgan fingerprint density at radius 2 is 1.89 bits per heavy atom. The maximum Gasteiger partial charge on any atom is 0.233 e. The molecule has 2 heterocycles. The molecule has 0 aromatic heterocycles. The maximum atomic E-state index is 12.5. The second-order valence-electron chi connectivity index (χ2n) is 8.39. The van der Waals surface area contributed by atoms with Crippen LogP contribution < -0.4 is 10.6 Å². The number of carbonyl (C=O) groups is 1. The van der Waals surface area contributed by atoms with Gasteiger partial charge in [-0.1, -0.05) is 57.7 Å². The number of allylic oxidation sites excluding steroid dienone is 1. The minimum atomic E-state index is -0.170. The van der Waals surface area contributed by atoms with Crippen molar-refractivity contribution in [3.63, 3.8) is 0 Å². The van der Waals surface area contributed by atoms with E-state index in [0.717, 1.165) is 48.0 Å². The normalized spacial score (nSPS) is 25.5.